The number of aromatic nitrogens is 2. The van der Waals surface area contributed by atoms with Gasteiger partial charge in [-0.15, -0.1) is 0 Å². The summed E-state index contributed by atoms with van der Waals surface area (Å²) in [5, 5.41) is 1.63. The summed E-state index contributed by atoms with van der Waals surface area (Å²) < 4.78 is 19.7. The lowest BCUT2D eigenvalue weighted by atomic mass is 9.91. The Hall–Kier alpha value is -2.41. The molecule has 6 nitrogen and oxygen atoms in total. The summed E-state index contributed by atoms with van der Waals surface area (Å²) in [6.45, 7) is 19.3. The van der Waals surface area contributed by atoms with E-state index < -0.39 is 17.7 Å². The predicted molar refractivity (Wildman–Crippen MR) is 146 cm³/mol. The molecule has 1 unspecified atom stereocenters. The van der Waals surface area contributed by atoms with E-state index in [1.54, 1.807) is 0 Å². The van der Waals surface area contributed by atoms with Crippen LogP contribution in [0, 0.1) is 20.8 Å². The van der Waals surface area contributed by atoms with Crippen molar-refractivity contribution in [2.75, 3.05) is 13.7 Å². The van der Waals surface area contributed by atoms with E-state index in [1.807, 2.05) is 72.7 Å². The first-order chi connectivity index (χ1) is 16.6. The monoisotopic (exact) mass is 514 g/mol. The zero-order valence-electron chi connectivity index (χ0n) is 23.2. The molecular weight excluding hydrogens is 476 g/mol. The molecule has 196 valence electrons. The number of carbonyl (C=O) groups excluding carboxylic acids is 1. The average Bonchev–Trinajstić information content (AvgIpc) is 3.00. The van der Waals surface area contributed by atoms with E-state index in [0.717, 1.165) is 33.4 Å². The third-order valence-electron chi connectivity index (χ3n) is 6.12. The predicted octanol–water partition coefficient (Wildman–Crippen LogP) is 7.13. The van der Waals surface area contributed by atoms with Gasteiger partial charge in [-0.3, -0.25) is 0 Å². The van der Waals surface area contributed by atoms with Crippen LogP contribution in [-0.4, -0.2) is 40.4 Å². The van der Waals surface area contributed by atoms with Crippen LogP contribution < -0.4 is 0 Å². The summed E-state index contributed by atoms with van der Waals surface area (Å²) in [4.78, 5) is 18.1. The Labute approximate surface area is 219 Å². The van der Waals surface area contributed by atoms with Crippen LogP contribution in [0.15, 0.2) is 24.3 Å². The van der Waals surface area contributed by atoms with E-state index >= 15 is 0 Å². The molecule has 0 aliphatic heterocycles. The SMILES string of the molecule is COC(=O)C(OC(C)(C)C)c1c(C)nc2c(c(C)c(C)n2CCOC(C)(C)C)c1-c1ccc(Cl)cc1. The third-order valence-corrected chi connectivity index (χ3v) is 6.37. The fourth-order valence-electron chi connectivity index (χ4n) is 4.43. The van der Waals surface area contributed by atoms with Gasteiger partial charge in [0.2, 0.25) is 0 Å². The minimum atomic E-state index is -0.940. The fraction of sp³-hybridized carbons (Fsp3) is 0.517. The molecule has 0 aliphatic rings. The zero-order chi connectivity index (χ0) is 27.0. The van der Waals surface area contributed by atoms with Crippen LogP contribution in [0.2, 0.25) is 5.02 Å². The van der Waals surface area contributed by atoms with E-state index in [2.05, 4.69) is 18.4 Å². The van der Waals surface area contributed by atoms with E-state index in [4.69, 9.17) is 30.8 Å². The Morgan fingerprint density at radius 3 is 2.17 bits per heavy atom. The Morgan fingerprint density at radius 2 is 1.64 bits per heavy atom. The van der Waals surface area contributed by atoms with Crippen LogP contribution in [0.25, 0.3) is 22.2 Å². The Morgan fingerprint density at radius 1 is 1.03 bits per heavy atom. The maximum atomic E-state index is 13.1. The second kappa shape index (κ2) is 10.5. The molecule has 0 bridgehead atoms. The van der Waals surface area contributed by atoms with Crippen LogP contribution in [0.3, 0.4) is 0 Å². The largest absolute Gasteiger partial charge is 0.467 e. The number of carbonyl (C=O) groups is 1. The molecule has 0 saturated heterocycles. The third kappa shape index (κ3) is 6.10. The highest BCUT2D eigenvalue weighted by atomic mass is 35.5. The Kier molecular flexibility index (Phi) is 8.23. The first-order valence-corrected chi connectivity index (χ1v) is 12.7. The first-order valence-electron chi connectivity index (χ1n) is 12.3. The van der Waals surface area contributed by atoms with E-state index in [0.29, 0.717) is 29.4 Å². The molecule has 0 saturated carbocycles. The number of methoxy groups -OCH3 is 1. The van der Waals surface area contributed by atoms with Crippen molar-refractivity contribution >= 4 is 28.6 Å². The molecule has 0 radical (unpaired) electrons. The lowest BCUT2D eigenvalue weighted by Crippen LogP contribution is -2.29. The van der Waals surface area contributed by atoms with Gasteiger partial charge in [0.15, 0.2) is 6.10 Å². The number of esters is 1. The number of benzene rings is 1. The van der Waals surface area contributed by atoms with Gasteiger partial charge in [-0.25, -0.2) is 9.78 Å². The fourth-order valence-corrected chi connectivity index (χ4v) is 4.56. The second-order valence-electron chi connectivity index (χ2n) is 11.1. The molecule has 3 aromatic rings. The topological polar surface area (TPSA) is 62.6 Å². The lowest BCUT2D eigenvalue weighted by Gasteiger charge is -2.29. The maximum Gasteiger partial charge on any atom is 0.339 e. The van der Waals surface area contributed by atoms with Gasteiger partial charge in [0, 0.05) is 39.5 Å². The molecule has 0 fully saturated rings. The van der Waals surface area contributed by atoms with E-state index in [1.165, 1.54) is 7.11 Å². The van der Waals surface area contributed by atoms with Crippen molar-refractivity contribution in [2.24, 2.45) is 0 Å². The first kappa shape index (κ1) is 28.2. The van der Waals surface area contributed by atoms with Gasteiger partial charge >= 0.3 is 5.97 Å². The molecule has 0 spiro atoms. The molecule has 1 aromatic carbocycles. The summed E-state index contributed by atoms with van der Waals surface area (Å²) in [6.07, 6.45) is -0.940. The normalized spacial score (nSPS) is 13.3. The molecule has 7 heteroatoms. The minimum absolute atomic E-state index is 0.227. The van der Waals surface area contributed by atoms with Gasteiger partial charge in [0.05, 0.1) is 24.9 Å². The number of nitrogens with zero attached hydrogens (tertiary/aromatic N) is 2. The smallest absolute Gasteiger partial charge is 0.339 e. The molecule has 0 aliphatic carbocycles. The molecule has 3 rings (SSSR count). The number of aryl methyl sites for hydroxylation is 2. The molecule has 0 N–H and O–H groups in total. The van der Waals surface area contributed by atoms with E-state index in [-0.39, 0.29) is 5.60 Å². The molecule has 2 aromatic heterocycles. The highest BCUT2D eigenvalue weighted by molar-refractivity contribution is 6.30. The van der Waals surface area contributed by atoms with Crippen molar-refractivity contribution < 1.29 is 19.0 Å². The minimum Gasteiger partial charge on any atom is -0.467 e. The van der Waals surface area contributed by atoms with Crippen molar-refractivity contribution in [2.45, 2.75) is 86.2 Å². The van der Waals surface area contributed by atoms with Crippen molar-refractivity contribution in [3.8, 4) is 11.1 Å². The van der Waals surface area contributed by atoms with E-state index in [9.17, 15) is 4.79 Å². The highest BCUT2D eigenvalue weighted by Crippen LogP contribution is 2.42. The average molecular weight is 515 g/mol. The number of pyridine rings is 1. The van der Waals surface area contributed by atoms with Crippen LogP contribution in [-0.2, 0) is 25.5 Å². The number of fused-ring (bicyclic) bond motifs is 1. The van der Waals surface area contributed by atoms with Crippen molar-refractivity contribution in [1.82, 2.24) is 9.55 Å². The number of ether oxygens (including phenoxy) is 3. The van der Waals surface area contributed by atoms with Gasteiger partial charge in [-0.2, -0.15) is 0 Å². The maximum absolute atomic E-state index is 13.1. The van der Waals surface area contributed by atoms with Crippen molar-refractivity contribution in [1.29, 1.82) is 0 Å². The quantitative estimate of drug-likeness (QED) is 0.314. The summed E-state index contributed by atoms with van der Waals surface area (Å²) in [6, 6.07) is 7.66. The summed E-state index contributed by atoms with van der Waals surface area (Å²) in [5.41, 5.74) is 5.50. The van der Waals surface area contributed by atoms with Gasteiger partial charge in [-0.05, 0) is 85.6 Å². The lowest BCUT2D eigenvalue weighted by molar-refractivity contribution is -0.164. The van der Waals surface area contributed by atoms with Crippen LogP contribution in [0.5, 0.6) is 0 Å². The van der Waals surface area contributed by atoms with Crippen LogP contribution in [0.1, 0.15) is 70.2 Å². The summed E-state index contributed by atoms with van der Waals surface area (Å²) >= 11 is 6.24. The summed E-state index contributed by atoms with van der Waals surface area (Å²) in [7, 11) is 1.38. The zero-order valence-corrected chi connectivity index (χ0v) is 24.0. The van der Waals surface area contributed by atoms with Crippen molar-refractivity contribution in [3.05, 3.63) is 51.8 Å². The van der Waals surface area contributed by atoms with Crippen molar-refractivity contribution in [3.63, 3.8) is 0 Å². The number of hydrogen-bond acceptors (Lipinski definition) is 5. The number of halogens is 1. The van der Waals surface area contributed by atoms with Gasteiger partial charge in [-0.1, -0.05) is 23.7 Å². The Balaban J connectivity index is 2.36. The van der Waals surface area contributed by atoms with Gasteiger partial charge in [0.25, 0.3) is 0 Å². The summed E-state index contributed by atoms with van der Waals surface area (Å²) in [5.74, 6) is -0.461. The van der Waals surface area contributed by atoms with Crippen LogP contribution >= 0.6 is 11.6 Å². The van der Waals surface area contributed by atoms with Gasteiger partial charge < -0.3 is 18.8 Å². The van der Waals surface area contributed by atoms with Crippen LogP contribution in [0.4, 0.5) is 0 Å². The molecule has 0 amide bonds. The highest BCUT2D eigenvalue weighted by Gasteiger charge is 2.34. The number of hydrogen-bond donors (Lipinski definition) is 0. The molecule has 1 atom stereocenters. The molecular formula is C29H39ClN2O4. The number of rotatable bonds is 7. The Bertz CT molecular complexity index is 1250. The standard InChI is InChI=1S/C29H39ClN2O4/c1-17-19(3)32(15-16-35-28(4,5)6)26-22(17)24(20-11-13-21(30)14-12-20)23(18(2)31-26)25(27(33)34-10)36-29(7,8)9/h11-14,25H,15-16H2,1-10H3. The second-order valence-corrected chi connectivity index (χ2v) is 11.6. The molecule has 36 heavy (non-hydrogen) atoms. The van der Waals surface area contributed by atoms with Gasteiger partial charge in [0.1, 0.15) is 5.65 Å². The molecule has 2 heterocycles.